The van der Waals surface area contributed by atoms with Crippen LogP contribution in [0, 0.1) is 11.3 Å². The predicted octanol–water partition coefficient (Wildman–Crippen LogP) is 4.28. The second-order valence-corrected chi connectivity index (χ2v) is 7.26. The number of nitrogens with zero attached hydrogens (tertiary/aromatic N) is 4. The molecule has 0 aliphatic carbocycles. The second-order valence-electron chi connectivity index (χ2n) is 6.11. The van der Waals surface area contributed by atoms with Gasteiger partial charge in [0.05, 0.1) is 18.0 Å². The van der Waals surface area contributed by atoms with Crippen LogP contribution in [0.3, 0.4) is 0 Å². The van der Waals surface area contributed by atoms with Crippen LogP contribution in [0.25, 0.3) is 0 Å². The SMILES string of the molecule is CC(C)(C#N)c1cc(Cn2cncn2)cc(Sc2ccccc2)c1. The number of rotatable bonds is 5. The Hall–Kier alpha value is -2.58. The zero-order chi connectivity index (χ0) is 17.0. The first-order valence-electron chi connectivity index (χ1n) is 7.68. The zero-order valence-electron chi connectivity index (χ0n) is 13.7. The van der Waals surface area contributed by atoms with Crippen LogP contribution in [0.2, 0.25) is 0 Å². The molecule has 0 atom stereocenters. The molecule has 120 valence electrons. The van der Waals surface area contributed by atoms with E-state index in [-0.39, 0.29) is 0 Å². The summed E-state index contributed by atoms with van der Waals surface area (Å²) in [5, 5.41) is 13.7. The minimum absolute atomic E-state index is 0.537. The van der Waals surface area contributed by atoms with Crippen molar-refractivity contribution in [3.8, 4) is 6.07 Å². The molecule has 0 bridgehead atoms. The van der Waals surface area contributed by atoms with Crippen molar-refractivity contribution in [1.29, 1.82) is 5.26 Å². The molecule has 4 nitrogen and oxygen atoms in total. The van der Waals surface area contributed by atoms with E-state index < -0.39 is 5.41 Å². The quantitative estimate of drug-likeness (QED) is 0.699. The van der Waals surface area contributed by atoms with E-state index in [4.69, 9.17) is 0 Å². The Balaban J connectivity index is 1.98. The van der Waals surface area contributed by atoms with Crippen LogP contribution in [0.5, 0.6) is 0 Å². The van der Waals surface area contributed by atoms with Crippen LogP contribution in [0.15, 0.2) is 71.0 Å². The minimum atomic E-state index is -0.537. The molecule has 0 saturated carbocycles. The Bertz CT molecular complexity index is 849. The molecule has 1 aromatic heterocycles. The van der Waals surface area contributed by atoms with Gasteiger partial charge in [-0.2, -0.15) is 10.4 Å². The fourth-order valence-corrected chi connectivity index (χ4v) is 3.32. The highest BCUT2D eigenvalue weighted by Crippen LogP contribution is 2.33. The number of nitriles is 1. The summed E-state index contributed by atoms with van der Waals surface area (Å²) in [5.74, 6) is 0. The summed E-state index contributed by atoms with van der Waals surface area (Å²) >= 11 is 1.70. The summed E-state index contributed by atoms with van der Waals surface area (Å²) < 4.78 is 1.79. The molecule has 0 aliphatic heterocycles. The molecular weight excluding hydrogens is 316 g/mol. The molecule has 0 aliphatic rings. The van der Waals surface area contributed by atoms with Crippen LogP contribution in [0.1, 0.15) is 25.0 Å². The second kappa shape index (κ2) is 6.90. The van der Waals surface area contributed by atoms with Crippen molar-refractivity contribution in [1.82, 2.24) is 14.8 Å². The lowest BCUT2D eigenvalue weighted by Gasteiger charge is -2.18. The largest absolute Gasteiger partial charge is 0.249 e. The van der Waals surface area contributed by atoms with Gasteiger partial charge >= 0.3 is 0 Å². The van der Waals surface area contributed by atoms with Crippen LogP contribution in [-0.2, 0) is 12.0 Å². The van der Waals surface area contributed by atoms with Crippen molar-refractivity contribution in [2.45, 2.75) is 35.6 Å². The molecule has 1 heterocycles. The number of hydrogen-bond donors (Lipinski definition) is 0. The molecule has 0 N–H and O–H groups in total. The standard InChI is InChI=1S/C19H18N4S/c1-19(2,12-20)16-8-15(11-23-14-21-13-22-23)9-18(10-16)24-17-6-4-3-5-7-17/h3-10,13-14H,11H2,1-2H3. The van der Waals surface area contributed by atoms with E-state index in [9.17, 15) is 5.26 Å². The molecule has 0 saturated heterocycles. The van der Waals surface area contributed by atoms with E-state index in [1.165, 1.54) is 11.2 Å². The normalized spacial score (nSPS) is 11.2. The lowest BCUT2D eigenvalue weighted by molar-refractivity contribution is 0.664. The van der Waals surface area contributed by atoms with Gasteiger partial charge in [0.2, 0.25) is 0 Å². The predicted molar refractivity (Wildman–Crippen MR) is 94.8 cm³/mol. The summed E-state index contributed by atoms with van der Waals surface area (Å²) in [5.41, 5.74) is 1.59. The summed E-state index contributed by atoms with van der Waals surface area (Å²) in [6.07, 6.45) is 3.23. The molecule has 2 aromatic carbocycles. The van der Waals surface area contributed by atoms with Gasteiger partial charge in [-0.25, -0.2) is 9.67 Å². The van der Waals surface area contributed by atoms with Crippen LogP contribution in [-0.4, -0.2) is 14.8 Å². The van der Waals surface area contributed by atoms with E-state index >= 15 is 0 Å². The Morgan fingerprint density at radius 1 is 1.12 bits per heavy atom. The van der Waals surface area contributed by atoms with Crippen LogP contribution in [0.4, 0.5) is 0 Å². The molecule has 3 rings (SSSR count). The molecule has 3 aromatic rings. The van der Waals surface area contributed by atoms with Crippen molar-refractivity contribution < 1.29 is 0 Å². The lowest BCUT2D eigenvalue weighted by Crippen LogP contribution is -2.15. The third-order valence-electron chi connectivity index (χ3n) is 3.76. The number of aromatic nitrogens is 3. The average Bonchev–Trinajstić information content (AvgIpc) is 3.08. The highest BCUT2D eigenvalue weighted by molar-refractivity contribution is 7.99. The summed E-state index contributed by atoms with van der Waals surface area (Å²) in [7, 11) is 0. The zero-order valence-corrected chi connectivity index (χ0v) is 14.5. The fourth-order valence-electron chi connectivity index (χ4n) is 2.36. The van der Waals surface area contributed by atoms with Gasteiger partial charge in [0.1, 0.15) is 12.7 Å². The molecule has 0 radical (unpaired) electrons. The first-order valence-corrected chi connectivity index (χ1v) is 8.49. The van der Waals surface area contributed by atoms with Crippen molar-refractivity contribution in [3.05, 3.63) is 72.3 Å². The third kappa shape index (κ3) is 3.84. The molecule has 24 heavy (non-hydrogen) atoms. The van der Waals surface area contributed by atoms with Gasteiger partial charge < -0.3 is 0 Å². The maximum atomic E-state index is 9.49. The maximum absolute atomic E-state index is 9.49. The summed E-state index contributed by atoms with van der Waals surface area (Å²) in [4.78, 5) is 6.29. The highest BCUT2D eigenvalue weighted by Gasteiger charge is 2.21. The Morgan fingerprint density at radius 2 is 1.92 bits per heavy atom. The van der Waals surface area contributed by atoms with Gasteiger partial charge in [0.25, 0.3) is 0 Å². The first kappa shape index (κ1) is 16.3. The van der Waals surface area contributed by atoms with Gasteiger partial charge in [-0.3, -0.25) is 0 Å². The van der Waals surface area contributed by atoms with Crippen LogP contribution < -0.4 is 0 Å². The Kier molecular flexibility index (Phi) is 4.68. The van der Waals surface area contributed by atoms with Gasteiger partial charge in [-0.15, -0.1) is 0 Å². The average molecular weight is 334 g/mol. The fraction of sp³-hybridized carbons (Fsp3) is 0.211. The van der Waals surface area contributed by atoms with Gasteiger partial charge in [-0.05, 0) is 49.2 Å². The van der Waals surface area contributed by atoms with Gasteiger partial charge in [0.15, 0.2) is 0 Å². The van der Waals surface area contributed by atoms with Crippen molar-refractivity contribution in [3.63, 3.8) is 0 Å². The molecule has 0 fully saturated rings. The van der Waals surface area contributed by atoms with Crippen LogP contribution >= 0.6 is 11.8 Å². The van der Waals surface area contributed by atoms with E-state index in [0.717, 1.165) is 16.0 Å². The van der Waals surface area contributed by atoms with E-state index in [2.05, 4.69) is 46.5 Å². The molecule has 0 unspecified atom stereocenters. The smallest absolute Gasteiger partial charge is 0.137 e. The molecule has 0 amide bonds. The molecule has 5 heteroatoms. The van der Waals surface area contributed by atoms with E-state index in [1.54, 1.807) is 22.8 Å². The van der Waals surface area contributed by atoms with E-state index in [0.29, 0.717) is 6.54 Å². The highest BCUT2D eigenvalue weighted by atomic mass is 32.2. The molecular formula is C19H18N4S. The minimum Gasteiger partial charge on any atom is -0.249 e. The van der Waals surface area contributed by atoms with Crippen molar-refractivity contribution in [2.75, 3.05) is 0 Å². The Labute approximate surface area is 146 Å². The van der Waals surface area contributed by atoms with Crippen molar-refractivity contribution >= 4 is 11.8 Å². The van der Waals surface area contributed by atoms with Crippen molar-refractivity contribution in [2.24, 2.45) is 0 Å². The number of hydrogen-bond acceptors (Lipinski definition) is 4. The summed E-state index contributed by atoms with van der Waals surface area (Å²) in [6, 6.07) is 19.0. The lowest BCUT2D eigenvalue weighted by atomic mass is 9.85. The topological polar surface area (TPSA) is 54.5 Å². The third-order valence-corrected chi connectivity index (χ3v) is 4.74. The first-order chi connectivity index (χ1) is 11.6. The Morgan fingerprint density at radius 3 is 2.58 bits per heavy atom. The van der Waals surface area contributed by atoms with E-state index in [1.807, 2.05) is 32.0 Å². The summed E-state index contributed by atoms with van der Waals surface area (Å²) in [6.45, 7) is 4.52. The van der Waals surface area contributed by atoms with Gasteiger partial charge in [-0.1, -0.05) is 36.0 Å². The monoisotopic (exact) mass is 334 g/mol. The maximum Gasteiger partial charge on any atom is 0.137 e. The number of benzene rings is 2. The molecule has 0 spiro atoms. The van der Waals surface area contributed by atoms with Gasteiger partial charge in [0, 0.05) is 9.79 Å².